The molecule has 1 heterocycles. The maximum absolute atomic E-state index is 4.10. The molecule has 1 atom stereocenters. The summed E-state index contributed by atoms with van der Waals surface area (Å²) in [7, 11) is 0. The number of aromatic nitrogens is 3. The molecule has 0 aliphatic heterocycles. The summed E-state index contributed by atoms with van der Waals surface area (Å²) >= 11 is 1.59. The summed E-state index contributed by atoms with van der Waals surface area (Å²) < 4.78 is 0. The van der Waals surface area contributed by atoms with Crippen LogP contribution in [0.2, 0.25) is 0 Å². The zero-order valence-electron chi connectivity index (χ0n) is 10.7. The van der Waals surface area contributed by atoms with Crippen LogP contribution in [0.3, 0.4) is 0 Å². The molecular weight excluding hydrogens is 244 g/mol. The van der Waals surface area contributed by atoms with Gasteiger partial charge in [0.2, 0.25) is 0 Å². The van der Waals surface area contributed by atoms with Crippen LogP contribution < -0.4 is 5.32 Å². The molecule has 2 rings (SSSR count). The van der Waals surface area contributed by atoms with Gasteiger partial charge in [0, 0.05) is 10.9 Å². The van der Waals surface area contributed by atoms with Gasteiger partial charge >= 0.3 is 0 Å². The minimum absolute atomic E-state index is 0.444. The number of nitrogens with zero attached hydrogens (tertiary/aromatic N) is 2. The molecule has 0 aliphatic carbocycles. The van der Waals surface area contributed by atoms with Crippen LogP contribution in [0.1, 0.15) is 31.9 Å². The molecular formula is C13H18N4S. The van der Waals surface area contributed by atoms with Crippen LogP contribution in [-0.2, 0) is 0 Å². The van der Waals surface area contributed by atoms with Gasteiger partial charge in [0.15, 0.2) is 5.16 Å². The summed E-state index contributed by atoms with van der Waals surface area (Å²) in [6, 6.07) is 9.05. The molecule has 4 nitrogen and oxygen atoms in total. The lowest BCUT2D eigenvalue weighted by molar-refractivity contribution is 0.537. The second-order valence-corrected chi connectivity index (χ2v) is 5.04. The first-order valence-corrected chi connectivity index (χ1v) is 7.01. The van der Waals surface area contributed by atoms with E-state index in [4.69, 9.17) is 0 Å². The van der Waals surface area contributed by atoms with Crippen molar-refractivity contribution in [3.63, 3.8) is 0 Å². The normalized spacial score (nSPS) is 12.6. The Kier molecular flexibility index (Phi) is 4.78. The summed E-state index contributed by atoms with van der Waals surface area (Å²) in [6.07, 6.45) is 2.62. The van der Waals surface area contributed by atoms with E-state index in [0.29, 0.717) is 6.04 Å². The van der Waals surface area contributed by atoms with Crippen molar-refractivity contribution < 1.29 is 0 Å². The Morgan fingerprint density at radius 1 is 1.28 bits per heavy atom. The van der Waals surface area contributed by atoms with E-state index >= 15 is 0 Å². The van der Waals surface area contributed by atoms with E-state index in [1.165, 1.54) is 16.8 Å². The fourth-order valence-electron chi connectivity index (χ4n) is 1.87. The molecule has 1 unspecified atom stereocenters. The standard InChI is InChI=1S/C13H18N4S/c1-3-12(14-4-2)10-5-7-11(8-6-10)18-13-15-9-16-17-13/h5-9,12,14H,3-4H2,1-2H3,(H,15,16,17). The number of rotatable bonds is 6. The van der Waals surface area contributed by atoms with Crippen LogP contribution in [0.4, 0.5) is 0 Å². The molecule has 0 amide bonds. The second-order valence-electron chi connectivity index (χ2n) is 3.98. The molecule has 18 heavy (non-hydrogen) atoms. The van der Waals surface area contributed by atoms with E-state index in [1.807, 2.05) is 0 Å². The van der Waals surface area contributed by atoms with E-state index < -0.39 is 0 Å². The van der Waals surface area contributed by atoms with Crippen molar-refractivity contribution in [2.45, 2.75) is 36.4 Å². The lowest BCUT2D eigenvalue weighted by Crippen LogP contribution is -2.19. The second kappa shape index (κ2) is 6.56. The van der Waals surface area contributed by atoms with Gasteiger partial charge in [0.25, 0.3) is 0 Å². The third-order valence-corrected chi connectivity index (χ3v) is 3.65. The van der Waals surface area contributed by atoms with Crippen molar-refractivity contribution in [2.24, 2.45) is 0 Å². The van der Waals surface area contributed by atoms with E-state index in [0.717, 1.165) is 18.1 Å². The van der Waals surface area contributed by atoms with Gasteiger partial charge in [-0.05, 0) is 30.7 Å². The molecule has 1 aromatic heterocycles. The highest BCUT2D eigenvalue weighted by molar-refractivity contribution is 7.99. The molecule has 2 N–H and O–H groups in total. The number of hydrogen-bond acceptors (Lipinski definition) is 4. The van der Waals surface area contributed by atoms with Crippen LogP contribution in [0.5, 0.6) is 0 Å². The highest BCUT2D eigenvalue weighted by Crippen LogP contribution is 2.26. The van der Waals surface area contributed by atoms with E-state index in [9.17, 15) is 0 Å². The monoisotopic (exact) mass is 262 g/mol. The molecule has 0 spiro atoms. The van der Waals surface area contributed by atoms with Crippen LogP contribution in [0, 0.1) is 0 Å². The summed E-state index contributed by atoms with van der Waals surface area (Å²) in [6.45, 7) is 5.33. The summed E-state index contributed by atoms with van der Waals surface area (Å²) in [4.78, 5) is 5.27. The summed E-state index contributed by atoms with van der Waals surface area (Å²) in [5.41, 5.74) is 1.33. The fourth-order valence-corrected chi connectivity index (χ4v) is 2.56. The van der Waals surface area contributed by atoms with Gasteiger partial charge in [-0.15, -0.1) is 0 Å². The minimum Gasteiger partial charge on any atom is -0.310 e. The molecule has 1 aromatic carbocycles. The van der Waals surface area contributed by atoms with Crippen molar-refractivity contribution in [3.8, 4) is 0 Å². The van der Waals surface area contributed by atoms with Crippen molar-refractivity contribution in [1.82, 2.24) is 20.5 Å². The van der Waals surface area contributed by atoms with Crippen molar-refractivity contribution in [1.29, 1.82) is 0 Å². The van der Waals surface area contributed by atoms with Gasteiger partial charge in [-0.1, -0.05) is 37.7 Å². The molecule has 0 saturated heterocycles. The quantitative estimate of drug-likeness (QED) is 0.840. The zero-order chi connectivity index (χ0) is 12.8. The van der Waals surface area contributed by atoms with Crippen LogP contribution in [0.15, 0.2) is 40.6 Å². The van der Waals surface area contributed by atoms with Crippen LogP contribution in [-0.4, -0.2) is 21.7 Å². The highest BCUT2D eigenvalue weighted by atomic mass is 32.2. The van der Waals surface area contributed by atoms with Crippen LogP contribution in [0.25, 0.3) is 0 Å². The van der Waals surface area contributed by atoms with Gasteiger partial charge in [-0.3, -0.25) is 5.10 Å². The predicted octanol–water partition coefficient (Wildman–Crippen LogP) is 3.02. The van der Waals surface area contributed by atoms with Crippen molar-refractivity contribution >= 4 is 11.8 Å². The van der Waals surface area contributed by atoms with Gasteiger partial charge in [-0.2, -0.15) is 5.10 Å². The van der Waals surface area contributed by atoms with E-state index in [1.54, 1.807) is 11.8 Å². The number of H-pyrrole nitrogens is 1. The Morgan fingerprint density at radius 2 is 2.06 bits per heavy atom. The first-order chi connectivity index (χ1) is 8.83. The van der Waals surface area contributed by atoms with Gasteiger partial charge in [-0.25, -0.2) is 4.98 Å². The minimum atomic E-state index is 0.444. The maximum atomic E-state index is 4.10. The van der Waals surface area contributed by atoms with Crippen LogP contribution >= 0.6 is 11.8 Å². The Labute approximate surface area is 112 Å². The average molecular weight is 262 g/mol. The Bertz CT molecular complexity index is 452. The third-order valence-electron chi connectivity index (χ3n) is 2.75. The van der Waals surface area contributed by atoms with Crippen molar-refractivity contribution in [2.75, 3.05) is 6.54 Å². The molecule has 0 saturated carbocycles. The largest absolute Gasteiger partial charge is 0.310 e. The fraction of sp³-hybridized carbons (Fsp3) is 0.385. The van der Waals surface area contributed by atoms with E-state index in [2.05, 4.69) is 58.6 Å². The van der Waals surface area contributed by atoms with Crippen molar-refractivity contribution in [3.05, 3.63) is 36.2 Å². The molecule has 0 fully saturated rings. The van der Waals surface area contributed by atoms with Gasteiger partial charge in [0.05, 0.1) is 0 Å². The summed E-state index contributed by atoms with van der Waals surface area (Å²) in [5, 5.41) is 11.0. The zero-order valence-corrected chi connectivity index (χ0v) is 11.5. The molecule has 2 aromatic rings. The molecule has 5 heteroatoms. The predicted molar refractivity (Wildman–Crippen MR) is 73.7 cm³/mol. The topological polar surface area (TPSA) is 53.6 Å². The Hall–Kier alpha value is -1.33. The van der Waals surface area contributed by atoms with E-state index in [-0.39, 0.29) is 0 Å². The summed E-state index contributed by atoms with van der Waals surface area (Å²) in [5.74, 6) is 0. The smallest absolute Gasteiger partial charge is 0.188 e. The van der Waals surface area contributed by atoms with Gasteiger partial charge in [0.1, 0.15) is 6.33 Å². The first kappa shape index (κ1) is 13.1. The number of hydrogen-bond donors (Lipinski definition) is 2. The molecule has 0 radical (unpaired) electrons. The molecule has 96 valence electrons. The maximum Gasteiger partial charge on any atom is 0.188 e. The van der Waals surface area contributed by atoms with Gasteiger partial charge < -0.3 is 5.32 Å². The Balaban J connectivity index is 2.04. The number of aromatic amines is 1. The third kappa shape index (κ3) is 3.34. The highest BCUT2D eigenvalue weighted by Gasteiger charge is 2.07. The SMILES string of the molecule is CCNC(CC)c1ccc(Sc2ncn[nH]2)cc1. The number of nitrogens with one attached hydrogen (secondary N) is 2. The molecule has 0 aliphatic rings. The lowest BCUT2D eigenvalue weighted by atomic mass is 10.1. The first-order valence-electron chi connectivity index (χ1n) is 6.20. The average Bonchev–Trinajstić information content (AvgIpc) is 2.90. The lowest BCUT2D eigenvalue weighted by Gasteiger charge is -2.16. The Morgan fingerprint density at radius 3 is 2.61 bits per heavy atom. The molecule has 0 bridgehead atoms. The number of benzene rings is 1.